The summed E-state index contributed by atoms with van der Waals surface area (Å²) in [5.41, 5.74) is 0.398. The molecule has 0 bridgehead atoms. The molecule has 0 aromatic heterocycles. The molecule has 0 fully saturated rings. The predicted molar refractivity (Wildman–Crippen MR) is 66.1 cm³/mol. The second kappa shape index (κ2) is 5.77. The summed E-state index contributed by atoms with van der Waals surface area (Å²) in [5.74, 6) is -1.05. The first-order valence-electron chi connectivity index (χ1n) is 5.53. The number of benzene rings is 1. The average Bonchev–Trinajstić information content (AvgIpc) is 2.29. The summed E-state index contributed by atoms with van der Waals surface area (Å²) in [6.07, 6.45) is -2.99. The molecule has 0 atom stereocenters. The van der Waals surface area contributed by atoms with Crippen molar-refractivity contribution in [3.8, 4) is 0 Å². The van der Waals surface area contributed by atoms with E-state index in [0.717, 1.165) is 12.1 Å². The van der Waals surface area contributed by atoms with E-state index < -0.39 is 17.7 Å². The van der Waals surface area contributed by atoms with Crippen molar-refractivity contribution < 1.29 is 23.1 Å². The van der Waals surface area contributed by atoms with Gasteiger partial charge < -0.3 is 10.4 Å². The van der Waals surface area contributed by atoms with Gasteiger partial charge in [0.1, 0.15) is 0 Å². The highest BCUT2D eigenvalue weighted by molar-refractivity contribution is 5.85. The highest BCUT2D eigenvalue weighted by Crippen LogP contribution is 2.31. The molecule has 2 N–H and O–H groups in total. The van der Waals surface area contributed by atoms with Crippen molar-refractivity contribution in [2.24, 2.45) is 0 Å². The van der Waals surface area contributed by atoms with Gasteiger partial charge in [0.05, 0.1) is 5.56 Å². The SMILES string of the molecule is C/C(=C/CNc1cc(C(F)(F)F)ccc1C)C(=O)O. The third-order valence-corrected chi connectivity index (χ3v) is 2.60. The zero-order valence-corrected chi connectivity index (χ0v) is 10.5. The Labute approximate surface area is 108 Å². The summed E-state index contributed by atoms with van der Waals surface area (Å²) in [6.45, 7) is 3.25. The molecule has 0 aliphatic rings. The first kappa shape index (κ1) is 15.1. The number of halogens is 3. The summed E-state index contributed by atoms with van der Waals surface area (Å²) in [5, 5.41) is 11.4. The molecule has 0 saturated heterocycles. The Hall–Kier alpha value is -1.98. The van der Waals surface area contributed by atoms with Gasteiger partial charge in [-0.25, -0.2) is 4.79 Å². The van der Waals surface area contributed by atoms with Gasteiger partial charge in [-0.05, 0) is 31.5 Å². The van der Waals surface area contributed by atoms with Crippen LogP contribution < -0.4 is 5.32 Å². The molecule has 0 amide bonds. The van der Waals surface area contributed by atoms with E-state index >= 15 is 0 Å². The van der Waals surface area contributed by atoms with Crippen LogP contribution in [-0.2, 0) is 11.0 Å². The molecule has 0 heterocycles. The lowest BCUT2D eigenvalue weighted by molar-refractivity contribution is -0.137. The zero-order chi connectivity index (χ0) is 14.6. The number of hydrogen-bond acceptors (Lipinski definition) is 2. The van der Waals surface area contributed by atoms with Gasteiger partial charge in [-0.15, -0.1) is 0 Å². The lowest BCUT2D eigenvalue weighted by atomic mass is 10.1. The number of aliphatic carboxylic acids is 1. The molecule has 0 aliphatic heterocycles. The third kappa shape index (κ3) is 4.31. The summed E-state index contributed by atoms with van der Waals surface area (Å²) >= 11 is 0. The highest BCUT2D eigenvalue weighted by Gasteiger charge is 2.30. The van der Waals surface area contributed by atoms with Gasteiger partial charge in [0.2, 0.25) is 0 Å². The molecule has 0 radical (unpaired) electrons. The van der Waals surface area contributed by atoms with Crippen molar-refractivity contribution in [1.82, 2.24) is 0 Å². The molecular formula is C13H14F3NO2. The fourth-order valence-electron chi connectivity index (χ4n) is 1.39. The van der Waals surface area contributed by atoms with Crippen LogP contribution in [-0.4, -0.2) is 17.6 Å². The van der Waals surface area contributed by atoms with Crippen molar-refractivity contribution in [3.63, 3.8) is 0 Å². The quantitative estimate of drug-likeness (QED) is 0.826. The lowest BCUT2D eigenvalue weighted by Gasteiger charge is -2.12. The molecule has 0 spiro atoms. The first-order valence-corrected chi connectivity index (χ1v) is 5.53. The Balaban J connectivity index is 2.84. The van der Waals surface area contributed by atoms with E-state index in [1.807, 2.05) is 0 Å². The molecule has 6 heteroatoms. The molecule has 1 aromatic rings. The maximum atomic E-state index is 12.5. The van der Waals surface area contributed by atoms with Gasteiger partial charge in [0.15, 0.2) is 0 Å². The van der Waals surface area contributed by atoms with Crippen LogP contribution in [0.3, 0.4) is 0 Å². The summed E-state index contributed by atoms with van der Waals surface area (Å²) in [7, 11) is 0. The van der Waals surface area contributed by atoms with Crippen LogP contribution in [0.2, 0.25) is 0 Å². The van der Waals surface area contributed by atoms with Crippen LogP contribution in [0.15, 0.2) is 29.8 Å². The largest absolute Gasteiger partial charge is 0.478 e. The van der Waals surface area contributed by atoms with Gasteiger partial charge >= 0.3 is 12.1 Å². The Morgan fingerprint density at radius 1 is 1.42 bits per heavy atom. The Morgan fingerprint density at radius 3 is 2.58 bits per heavy atom. The monoisotopic (exact) mass is 273 g/mol. The zero-order valence-electron chi connectivity index (χ0n) is 10.5. The highest BCUT2D eigenvalue weighted by atomic mass is 19.4. The Kier molecular flexibility index (Phi) is 4.58. The lowest BCUT2D eigenvalue weighted by Crippen LogP contribution is -2.08. The number of anilines is 1. The first-order chi connectivity index (χ1) is 8.71. The van der Waals surface area contributed by atoms with Crippen molar-refractivity contribution in [3.05, 3.63) is 41.0 Å². The van der Waals surface area contributed by atoms with Gasteiger partial charge in [0, 0.05) is 17.8 Å². The van der Waals surface area contributed by atoms with Gasteiger partial charge in [-0.2, -0.15) is 13.2 Å². The van der Waals surface area contributed by atoms with Crippen molar-refractivity contribution in [2.45, 2.75) is 20.0 Å². The van der Waals surface area contributed by atoms with Gasteiger partial charge in [-0.1, -0.05) is 12.1 Å². The molecule has 0 unspecified atom stereocenters. The molecule has 19 heavy (non-hydrogen) atoms. The van der Waals surface area contributed by atoms with E-state index in [4.69, 9.17) is 5.11 Å². The van der Waals surface area contributed by atoms with E-state index in [1.165, 1.54) is 19.1 Å². The Morgan fingerprint density at radius 2 is 2.05 bits per heavy atom. The van der Waals surface area contributed by atoms with Crippen molar-refractivity contribution >= 4 is 11.7 Å². The maximum absolute atomic E-state index is 12.5. The molecule has 3 nitrogen and oxygen atoms in total. The number of carbonyl (C=O) groups is 1. The molecular weight excluding hydrogens is 259 g/mol. The fourth-order valence-corrected chi connectivity index (χ4v) is 1.39. The molecule has 1 rings (SSSR count). The number of hydrogen-bond donors (Lipinski definition) is 2. The average molecular weight is 273 g/mol. The summed E-state index contributed by atoms with van der Waals surface area (Å²) in [6, 6.07) is 3.40. The van der Waals surface area contributed by atoms with Crippen LogP contribution in [0.25, 0.3) is 0 Å². The number of alkyl halides is 3. The molecule has 1 aromatic carbocycles. The topological polar surface area (TPSA) is 49.3 Å². The number of nitrogens with one attached hydrogen (secondary N) is 1. The van der Waals surface area contributed by atoms with Crippen LogP contribution in [0, 0.1) is 6.92 Å². The fraction of sp³-hybridized carbons (Fsp3) is 0.308. The Bertz CT molecular complexity index is 507. The number of carboxylic acids is 1. The van der Waals surface area contributed by atoms with Gasteiger partial charge in [-0.3, -0.25) is 0 Å². The van der Waals surface area contributed by atoms with Crippen molar-refractivity contribution in [1.29, 1.82) is 0 Å². The number of aryl methyl sites for hydroxylation is 1. The van der Waals surface area contributed by atoms with Crippen LogP contribution in [0.1, 0.15) is 18.1 Å². The maximum Gasteiger partial charge on any atom is 0.416 e. The minimum Gasteiger partial charge on any atom is -0.478 e. The normalized spacial score (nSPS) is 12.4. The van der Waals surface area contributed by atoms with E-state index in [1.54, 1.807) is 6.92 Å². The minimum absolute atomic E-state index is 0.136. The number of carboxylic acid groups (broad SMARTS) is 1. The van der Waals surface area contributed by atoms with Crippen molar-refractivity contribution in [2.75, 3.05) is 11.9 Å². The predicted octanol–water partition coefficient (Wildman–Crippen LogP) is 3.46. The number of rotatable bonds is 4. The van der Waals surface area contributed by atoms with Gasteiger partial charge in [0.25, 0.3) is 0 Å². The molecule has 0 aliphatic carbocycles. The van der Waals surface area contributed by atoms with E-state index in [9.17, 15) is 18.0 Å². The van der Waals surface area contributed by atoms with E-state index in [2.05, 4.69) is 5.32 Å². The minimum atomic E-state index is -4.39. The molecule has 104 valence electrons. The third-order valence-electron chi connectivity index (χ3n) is 2.60. The molecule has 0 saturated carbocycles. The summed E-state index contributed by atoms with van der Waals surface area (Å²) < 4.78 is 37.6. The van der Waals surface area contributed by atoms with Crippen LogP contribution in [0.4, 0.5) is 18.9 Å². The second-order valence-electron chi connectivity index (χ2n) is 4.10. The van der Waals surface area contributed by atoms with E-state index in [0.29, 0.717) is 11.3 Å². The van der Waals surface area contributed by atoms with Crippen LogP contribution in [0.5, 0.6) is 0 Å². The van der Waals surface area contributed by atoms with E-state index in [-0.39, 0.29) is 12.1 Å². The standard InChI is InChI=1S/C13H14F3NO2/c1-8-3-4-10(13(14,15)16)7-11(8)17-6-5-9(2)12(18)19/h3-5,7,17H,6H2,1-2H3,(H,18,19)/b9-5-. The van der Waals surface area contributed by atoms with Crippen LogP contribution >= 0.6 is 0 Å². The second-order valence-corrected chi connectivity index (χ2v) is 4.10. The summed E-state index contributed by atoms with van der Waals surface area (Å²) in [4.78, 5) is 10.5. The smallest absolute Gasteiger partial charge is 0.416 e.